The molecule has 0 saturated carbocycles. The molecular weight excluding hydrogens is 402 g/mol. The van der Waals surface area contributed by atoms with Crippen LogP contribution in [-0.4, -0.2) is 49.4 Å². The molecule has 1 fully saturated rings. The van der Waals surface area contributed by atoms with E-state index in [1.165, 1.54) is 5.56 Å². The molecule has 2 aromatic rings. The summed E-state index contributed by atoms with van der Waals surface area (Å²) in [6.45, 7) is 14.7. The number of hydrogen-bond acceptors (Lipinski definition) is 5. The van der Waals surface area contributed by atoms with E-state index in [0.29, 0.717) is 19.7 Å². The molecule has 7 heteroatoms. The number of benzene rings is 1. The predicted octanol–water partition coefficient (Wildman–Crippen LogP) is 3.66. The van der Waals surface area contributed by atoms with Crippen LogP contribution in [0.1, 0.15) is 44.4 Å². The number of nitrogens with zero attached hydrogens (tertiary/aromatic N) is 3. The third-order valence-electron chi connectivity index (χ3n) is 5.29. The molecule has 174 valence electrons. The smallest absolute Gasteiger partial charge is 0.191 e. The normalized spacial score (nSPS) is 19.0. The summed E-state index contributed by atoms with van der Waals surface area (Å²) in [6.07, 6.45) is 2.35. The Hall–Kier alpha value is -2.80. The first kappa shape index (κ1) is 23.9. The van der Waals surface area contributed by atoms with Gasteiger partial charge in [-0.3, -0.25) is 0 Å². The number of nitrogens with one attached hydrogen (secondary N) is 2. The van der Waals surface area contributed by atoms with Crippen LogP contribution in [0.3, 0.4) is 0 Å². The first-order valence-corrected chi connectivity index (χ1v) is 11.6. The highest BCUT2D eigenvalue weighted by Gasteiger charge is 2.22. The van der Waals surface area contributed by atoms with Gasteiger partial charge in [-0.05, 0) is 57.9 Å². The lowest BCUT2D eigenvalue weighted by Crippen LogP contribution is -2.45. The minimum absolute atomic E-state index is 0.218. The topological polar surface area (TPSA) is 71.0 Å². The molecule has 7 nitrogen and oxygen atoms in total. The number of rotatable bonds is 8. The Balaban J connectivity index is 1.61. The molecule has 1 aliphatic rings. The van der Waals surface area contributed by atoms with E-state index in [4.69, 9.17) is 14.5 Å². The highest BCUT2D eigenvalue weighted by Crippen LogP contribution is 2.21. The Bertz CT molecular complexity index is 874. The highest BCUT2D eigenvalue weighted by atomic mass is 16.5. The van der Waals surface area contributed by atoms with E-state index in [2.05, 4.69) is 78.5 Å². The van der Waals surface area contributed by atoms with Crippen LogP contribution in [0.2, 0.25) is 0 Å². The van der Waals surface area contributed by atoms with Crippen molar-refractivity contribution in [3.63, 3.8) is 0 Å². The number of pyridine rings is 1. The van der Waals surface area contributed by atoms with Crippen LogP contribution in [-0.2, 0) is 17.8 Å². The fourth-order valence-corrected chi connectivity index (χ4v) is 3.85. The van der Waals surface area contributed by atoms with Crippen molar-refractivity contribution >= 4 is 11.8 Å². The summed E-state index contributed by atoms with van der Waals surface area (Å²) < 4.78 is 11.6. The molecule has 1 aromatic carbocycles. The van der Waals surface area contributed by atoms with Crippen LogP contribution >= 0.6 is 0 Å². The van der Waals surface area contributed by atoms with E-state index in [1.807, 2.05) is 13.1 Å². The number of morpholine rings is 1. The van der Waals surface area contributed by atoms with E-state index in [9.17, 15) is 0 Å². The molecule has 0 bridgehead atoms. The standard InChI is InChI=1S/C25H37N5O2/c1-6-26-25(29-15-22-10-8-18(3)12-23(22)31-7-2)28-14-21-9-11-24(27-13-21)30-16-19(4)32-20(5)17-30/h8-13,19-20H,6-7,14-17H2,1-5H3,(H2,26,28,29). The number of guanidine groups is 1. The molecule has 32 heavy (non-hydrogen) atoms. The molecule has 2 heterocycles. The number of aromatic nitrogens is 1. The monoisotopic (exact) mass is 439 g/mol. The van der Waals surface area contributed by atoms with E-state index in [1.54, 1.807) is 0 Å². The van der Waals surface area contributed by atoms with Gasteiger partial charge in [-0.25, -0.2) is 9.98 Å². The summed E-state index contributed by atoms with van der Waals surface area (Å²) in [5.74, 6) is 2.69. The second-order valence-corrected chi connectivity index (χ2v) is 8.28. The Labute approximate surface area is 192 Å². The average Bonchev–Trinajstić information content (AvgIpc) is 2.76. The molecule has 1 saturated heterocycles. The van der Waals surface area contributed by atoms with Gasteiger partial charge in [-0.1, -0.05) is 18.2 Å². The van der Waals surface area contributed by atoms with Crippen LogP contribution in [0.25, 0.3) is 0 Å². The zero-order chi connectivity index (χ0) is 22.9. The minimum Gasteiger partial charge on any atom is -0.494 e. The van der Waals surface area contributed by atoms with Crippen LogP contribution in [0, 0.1) is 6.92 Å². The van der Waals surface area contributed by atoms with Gasteiger partial charge in [0.1, 0.15) is 11.6 Å². The number of hydrogen-bond donors (Lipinski definition) is 2. The molecule has 0 amide bonds. The summed E-state index contributed by atoms with van der Waals surface area (Å²) >= 11 is 0. The lowest BCUT2D eigenvalue weighted by Gasteiger charge is -2.36. The maximum absolute atomic E-state index is 5.82. The van der Waals surface area contributed by atoms with Gasteiger partial charge in [0.15, 0.2) is 5.96 Å². The highest BCUT2D eigenvalue weighted by molar-refractivity contribution is 5.79. The third-order valence-corrected chi connectivity index (χ3v) is 5.29. The number of ether oxygens (including phenoxy) is 2. The van der Waals surface area contributed by atoms with Gasteiger partial charge in [0.2, 0.25) is 0 Å². The van der Waals surface area contributed by atoms with Crippen molar-refractivity contribution in [2.75, 3.05) is 31.1 Å². The molecular formula is C25H37N5O2. The molecule has 2 atom stereocenters. The fraction of sp³-hybridized carbons (Fsp3) is 0.520. The maximum Gasteiger partial charge on any atom is 0.191 e. The van der Waals surface area contributed by atoms with Crippen LogP contribution in [0.4, 0.5) is 5.82 Å². The van der Waals surface area contributed by atoms with E-state index in [0.717, 1.165) is 48.3 Å². The SMILES string of the molecule is CCNC(=NCc1ccc(N2CC(C)OC(C)C2)nc1)NCc1ccc(C)cc1OCC. The summed E-state index contributed by atoms with van der Waals surface area (Å²) in [6, 6.07) is 10.5. The van der Waals surface area contributed by atoms with Crippen LogP contribution in [0.5, 0.6) is 5.75 Å². The number of aliphatic imine (C=N–C) groups is 1. The van der Waals surface area contributed by atoms with Gasteiger partial charge in [0.25, 0.3) is 0 Å². The summed E-state index contributed by atoms with van der Waals surface area (Å²) in [4.78, 5) is 11.7. The second kappa shape index (κ2) is 11.7. The molecule has 0 radical (unpaired) electrons. The number of anilines is 1. The first-order valence-electron chi connectivity index (χ1n) is 11.6. The number of aryl methyl sites for hydroxylation is 1. The summed E-state index contributed by atoms with van der Waals surface area (Å²) in [5, 5.41) is 6.73. The Kier molecular flexibility index (Phi) is 8.73. The van der Waals surface area contributed by atoms with Gasteiger partial charge < -0.3 is 25.0 Å². The molecule has 1 aromatic heterocycles. The van der Waals surface area contributed by atoms with Gasteiger partial charge in [-0.15, -0.1) is 0 Å². The summed E-state index contributed by atoms with van der Waals surface area (Å²) in [7, 11) is 0. The molecule has 0 spiro atoms. The van der Waals surface area contributed by atoms with Crippen molar-refractivity contribution < 1.29 is 9.47 Å². The molecule has 3 rings (SSSR count). The first-order chi connectivity index (χ1) is 15.5. The second-order valence-electron chi connectivity index (χ2n) is 8.28. The van der Waals surface area contributed by atoms with Gasteiger partial charge in [0, 0.05) is 37.9 Å². The third kappa shape index (κ3) is 6.85. The minimum atomic E-state index is 0.218. The molecule has 1 aliphatic heterocycles. The fourth-order valence-electron chi connectivity index (χ4n) is 3.85. The van der Waals surface area contributed by atoms with Crippen molar-refractivity contribution in [3.8, 4) is 5.75 Å². The zero-order valence-electron chi connectivity index (χ0n) is 20.0. The van der Waals surface area contributed by atoms with Crippen LogP contribution < -0.4 is 20.3 Å². The van der Waals surface area contributed by atoms with Gasteiger partial charge >= 0.3 is 0 Å². The maximum atomic E-state index is 5.82. The Morgan fingerprint density at radius 3 is 2.59 bits per heavy atom. The van der Waals surface area contributed by atoms with Crippen molar-refractivity contribution in [2.24, 2.45) is 4.99 Å². The van der Waals surface area contributed by atoms with Crippen molar-refractivity contribution in [1.29, 1.82) is 0 Å². The molecule has 2 unspecified atom stereocenters. The lowest BCUT2D eigenvalue weighted by molar-refractivity contribution is -0.00545. The zero-order valence-corrected chi connectivity index (χ0v) is 20.0. The Morgan fingerprint density at radius 1 is 1.16 bits per heavy atom. The molecule has 0 aliphatic carbocycles. The van der Waals surface area contributed by atoms with Crippen molar-refractivity contribution in [2.45, 2.75) is 59.9 Å². The van der Waals surface area contributed by atoms with Gasteiger partial charge in [0.05, 0.1) is 25.4 Å². The van der Waals surface area contributed by atoms with Gasteiger partial charge in [-0.2, -0.15) is 0 Å². The van der Waals surface area contributed by atoms with E-state index < -0.39 is 0 Å². The summed E-state index contributed by atoms with van der Waals surface area (Å²) in [5.41, 5.74) is 3.38. The predicted molar refractivity (Wildman–Crippen MR) is 130 cm³/mol. The lowest BCUT2D eigenvalue weighted by atomic mass is 10.1. The average molecular weight is 440 g/mol. The Morgan fingerprint density at radius 2 is 1.94 bits per heavy atom. The largest absolute Gasteiger partial charge is 0.494 e. The quantitative estimate of drug-likeness (QED) is 0.483. The molecule has 2 N–H and O–H groups in total. The van der Waals surface area contributed by atoms with Crippen LogP contribution in [0.15, 0.2) is 41.5 Å². The van der Waals surface area contributed by atoms with E-state index in [-0.39, 0.29) is 12.2 Å². The van der Waals surface area contributed by atoms with E-state index >= 15 is 0 Å². The van der Waals surface area contributed by atoms with Crippen molar-refractivity contribution in [1.82, 2.24) is 15.6 Å². The van der Waals surface area contributed by atoms with Crippen molar-refractivity contribution in [3.05, 3.63) is 53.2 Å².